The highest BCUT2D eigenvalue weighted by Crippen LogP contribution is 2.31. The van der Waals surface area contributed by atoms with Gasteiger partial charge in [0.15, 0.2) is 0 Å². The molecule has 0 amide bonds. The summed E-state index contributed by atoms with van der Waals surface area (Å²) in [5.74, 6) is 0. The zero-order chi connectivity index (χ0) is 14.2. The second-order valence-electron chi connectivity index (χ2n) is 5.42. The van der Waals surface area contributed by atoms with Crippen LogP contribution in [0.15, 0.2) is 41.8 Å². The maximum Gasteiger partial charge on any atom is 0.0430 e. The van der Waals surface area contributed by atoms with Crippen LogP contribution in [0.1, 0.15) is 46.0 Å². The highest BCUT2D eigenvalue weighted by atomic mass is 32.1. The Labute approximate surface area is 127 Å². The van der Waals surface area contributed by atoms with E-state index in [4.69, 9.17) is 0 Å². The molecule has 0 bridgehead atoms. The number of anilines is 1. The Hall–Kier alpha value is -1.28. The monoisotopic (exact) mass is 287 g/mol. The third-order valence-electron chi connectivity index (χ3n) is 3.61. The molecule has 20 heavy (non-hydrogen) atoms. The largest absolute Gasteiger partial charge is 0.382 e. The third kappa shape index (κ3) is 4.38. The molecule has 1 atom stereocenters. The molecular weight excluding hydrogens is 262 g/mol. The van der Waals surface area contributed by atoms with Gasteiger partial charge in [-0.25, -0.2) is 0 Å². The van der Waals surface area contributed by atoms with Gasteiger partial charge in [0.1, 0.15) is 0 Å². The molecule has 2 rings (SSSR count). The number of para-hydroxylation sites is 1. The van der Waals surface area contributed by atoms with Crippen molar-refractivity contribution >= 4 is 17.0 Å². The topological polar surface area (TPSA) is 12.0 Å². The molecule has 1 nitrogen and oxygen atoms in total. The van der Waals surface area contributed by atoms with Gasteiger partial charge in [0.25, 0.3) is 0 Å². The standard InChI is InChI=1S/C18H25NS/c1-3-4-5-6-10-15(2)19-17-12-8-7-11-16(17)18-13-9-14-20-18/h7-9,11-15,19H,3-6,10H2,1-2H3. The molecule has 0 aliphatic heterocycles. The van der Waals surface area contributed by atoms with Crippen LogP contribution in [-0.2, 0) is 0 Å². The highest BCUT2D eigenvalue weighted by Gasteiger charge is 2.08. The summed E-state index contributed by atoms with van der Waals surface area (Å²) in [4.78, 5) is 1.34. The number of unbranched alkanes of at least 4 members (excludes halogenated alkanes) is 3. The van der Waals surface area contributed by atoms with Crippen molar-refractivity contribution < 1.29 is 0 Å². The molecule has 1 unspecified atom stereocenters. The Morgan fingerprint density at radius 1 is 1.05 bits per heavy atom. The van der Waals surface area contributed by atoms with Crippen LogP contribution in [0.25, 0.3) is 10.4 Å². The fourth-order valence-electron chi connectivity index (χ4n) is 2.47. The number of thiophene rings is 1. The smallest absolute Gasteiger partial charge is 0.0430 e. The van der Waals surface area contributed by atoms with Crippen molar-refractivity contribution in [3.63, 3.8) is 0 Å². The molecule has 0 aliphatic rings. The molecule has 2 heteroatoms. The Kier molecular flexibility index (Phi) is 6.13. The maximum absolute atomic E-state index is 3.68. The SMILES string of the molecule is CCCCCCC(C)Nc1ccccc1-c1cccs1. The van der Waals surface area contributed by atoms with Crippen LogP contribution < -0.4 is 5.32 Å². The van der Waals surface area contributed by atoms with Crippen LogP contribution in [0.3, 0.4) is 0 Å². The van der Waals surface area contributed by atoms with Crippen LogP contribution in [-0.4, -0.2) is 6.04 Å². The van der Waals surface area contributed by atoms with E-state index in [0.717, 1.165) is 0 Å². The fraction of sp³-hybridized carbons (Fsp3) is 0.444. The van der Waals surface area contributed by atoms with Gasteiger partial charge < -0.3 is 5.32 Å². The van der Waals surface area contributed by atoms with Gasteiger partial charge in [-0.1, -0.05) is 56.9 Å². The van der Waals surface area contributed by atoms with Crippen LogP contribution in [0.5, 0.6) is 0 Å². The fourth-order valence-corrected chi connectivity index (χ4v) is 3.24. The lowest BCUT2D eigenvalue weighted by atomic mass is 10.1. The van der Waals surface area contributed by atoms with Gasteiger partial charge in [0.05, 0.1) is 0 Å². The van der Waals surface area contributed by atoms with E-state index in [-0.39, 0.29) is 0 Å². The summed E-state index contributed by atoms with van der Waals surface area (Å²) >= 11 is 1.80. The van der Waals surface area contributed by atoms with Gasteiger partial charge >= 0.3 is 0 Å². The first-order valence-corrected chi connectivity index (χ1v) is 8.58. The molecule has 0 saturated heterocycles. The Bertz CT molecular complexity index is 490. The summed E-state index contributed by atoms with van der Waals surface area (Å²) < 4.78 is 0. The van der Waals surface area contributed by atoms with E-state index in [1.807, 2.05) is 0 Å². The summed E-state index contributed by atoms with van der Waals surface area (Å²) in [6.45, 7) is 4.55. The summed E-state index contributed by atoms with van der Waals surface area (Å²) in [7, 11) is 0. The molecule has 1 aromatic heterocycles. The molecule has 1 N–H and O–H groups in total. The minimum atomic E-state index is 0.535. The average molecular weight is 287 g/mol. The predicted octanol–water partition coefficient (Wildman–Crippen LogP) is 6.19. The second kappa shape index (κ2) is 8.11. The van der Waals surface area contributed by atoms with Gasteiger partial charge in [-0.2, -0.15) is 0 Å². The van der Waals surface area contributed by atoms with E-state index < -0.39 is 0 Å². The first kappa shape index (κ1) is 15.1. The first-order valence-electron chi connectivity index (χ1n) is 7.70. The molecular formula is C18H25NS. The number of hydrogen-bond acceptors (Lipinski definition) is 2. The number of rotatable bonds is 8. The molecule has 0 spiro atoms. The minimum Gasteiger partial charge on any atom is -0.382 e. The molecule has 108 valence electrons. The molecule has 2 aromatic rings. The van der Waals surface area contributed by atoms with E-state index >= 15 is 0 Å². The zero-order valence-electron chi connectivity index (χ0n) is 12.6. The Balaban J connectivity index is 1.95. The highest BCUT2D eigenvalue weighted by molar-refractivity contribution is 7.13. The molecule has 0 saturated carbocycles. The minimum absolute atomic E-state index is 0.535. The van der Waals surface area contributed by atoms with Gasteiger partial charge in [-0.3, -0.25) is 0 Å². The average Bonchev–Trinajstić information content (AvgIpc) is 2.98. The van der Waals surface area contributed by atoms with Crippen molar-refractivity contribution in [3.05, 3.63) is 41.8 Å². The summed E-state index contributed by atoms with van der Waals surface area (Å²) in [6.07, 6.45) is 6.60. The summed E-state index contributed by atoms with van der Waals surface area (Å²) in [5.41, 5.74) is 2.58. The quantitative estimate of drug-likeness (QED) is 0.571. The van der Waals surface area contributed by atoms with Crippen molar-refractivity contribution in [2.24, 2.45) is 0 Å². The van der Waals surface area contributed by atoms with Gasteiger partial charge in [0, 0.05) is 22.2 Å². The van der Waals surface area contributed by atoms with E-state index in [1.54, 1.807) is 11.3 Å². The Morgan fingerprint density at radius 3 is 2.65 bits per heavy atom. The van der Waals surface area contributed by atoms with Crippen molar-refractivity contribution in [3.8, 4) is 10.4 Å². The van der Waals surface area contributed by atoms with Gasteiger partial charge in [0.2, 0.25) is 0 Å². The summed E-state index contributed by atoms with van der Waals surface area (Å²) in [5, 5.41) is 5.82. The third-order valence-corrected chi connectivity index (χ3v) is 4.51. The van der Waals surface area contributed by atoms with Crippen LogP contribution >= 0.6 is 11.3 Å². The lowest BCUT2D eigenvalue weighted by Crippen LogP contribution is -2.15. The number of nitrogens with one attached hydrogen (secondary N) is 1. The molecule has 0 radical (unpaired) electrons. The van der Waals surface area contributed by atoms with Crippen LogP contribution in [0.4, 0.5) is 5.69 Å². The molecule has 1 heterocycles. The maximum atomic E-state index is 3.68. The Morgan fingerprint density at radius 2 is 1.90 bits per heavy atom. The lowest BCUT2D eigenvalue weighted by Gasteiger charge is -2.17. The molecule has 0 fully saturated rings. The predicted molar refractivity (Wildman–Crippen MR) is 91.6 cm³/mol. The van der Waals surface area contributed by atoms with E-state index in [9.17, 15) is 0 Å². The zero-order valence-corrected chi connectivity index (χ0v) is 13.4. The van der Waals surface area contributed by atoms with Crippen molar-refractivity contribution in [2.75, 3.05) is 5.32 Å². The second-order valence-corrected chi connectivity index (χ2v) is 6.37. The van der Waals surface area contributed by atoms with Crippen LogP contribution in [0.2, 0.25) is 0 Å². The lowest BCUT2D eigenvalue weighted by molar-refractivity contribution is 0.594. The van der Waals surface area contributed by atoms with Crippen LogP contribution in [0, 0.1) is 0 Å². The van der Waals surface area contributed by atoms with E-state index in [2.05, 4.69) is 60.9 Å². The van der Waals surface area contributed by atoms with Crippen molar-refractivity contribution in [2.45, 2.75) is 52.0 Å². The number of benzene rings is 1. The van der Waals surface area contributed by atoms with Gasteiger partial charge in [-0.15, -0.1) is 11.3 Å². The number of hydrogen-bond donors (Lipinski definition) is 1. The van der Waals surface area contributed by atoms with E-state index in [0.29, 0.717) is 6.04 Å². The van der Waals surface area contributed by atoms with E-state index in [1.165, 1.54) is 48.2 Å². The van der Waals surface area contributed by atoms with Crippen molar-refractivity contribution in [1.82, 2.24) is 0 Å². The molecule has 1 aromatic carbocycles. The molecule has 0 aliphatic carbocycles. The van der Waals surface area contributed by atoms with Crippen molar-refractivity contribution in [1.29, 1.82) is 0 Å². The first-order chi connectivity index (χ1) is 9.81. The summed E-state index contributed by atoms with van der Waals surface area (Å²) in [6, 6.07) is 13.5. The van der Waals surface area contributed by atoms with Gasteiger partial charge in [-0.05, 0) is 30.9 Å². The normalized spacial score (nSPS) is 12.3.